The van der Waals surface area contributed by atoms with Gasteiger partial charge in [0.05, 0.1) is 19.3 Å². The van der Waals surface area contributed by atoms with Crippen LogP contribution in [0.5, 0.6) is 5.75 Å². The highest BCUT2D eigenvalue weighted by molar-refractivity contribution is 7.80. The highest BCUT2D eigenvalue weighted by atomic mass is 35.5. The molecule has 0 aliphatic heterocycles. The van der Waals surface area contributed by atoms with Gasteiger partial charge in [-0.15, -0.1) is 0 Å². The molecule has 3 aromatic rings. The average molecular weight is 510 g/mol. The summed E-state index contributed by atoms with van der Waals surface area (Å²) in [7, 11) is 1.67. The van der Waals surface area contributed by atoms with Gasteiger partial charge in [0.2, 0.25) is 0 Å². The third kappa shape index (κ3) is 6.59. The lowest BCUT2D eigenvalue weighted by molar-refractivity contribution is 0.274. The topological polar surface area (TPSA) is 29.4 Å². The van der Waals surface area contributed by atoms with E-state index < -0.39 is 0 Å². The van der Waals surface area contributed by atoms with Gasteiger partial charge in [0.25, 0.3) is 0 Å². The van der Waals surface area contributed by atoms with E-state index in [-0.39, 0.29) is 0 Å². The van der Waals surface area contributed by atoms with Crippen LogP contribution in [0.4, 0.5) is 5.69 Å². The van der Waals surface area contributed by atoms with E-state index in [0.717, 1.165) is 42.5 Å². The molecule has 1 aliphatic rings. The summed E-state index contributed by atoms with van der Waals surface area (Å²) in [5, 5.41) is 4.83. The smallest absolute Gasteiger partial charge is 0.174 e. The zero-order chi connectivity index (χ0) is 24.8. The van der Waals surface area contributed by atoms with Crippen molar-refractivity contribution in [3.8, 4) is 5.75 Å². The summed E-state index contributed by atoms with van der Waals surface area (Å²) in [6.07, 6.45) is 9.59. The highest BCUT2D eigenvalue weighted by Gasteiger charge is 2.24. The number of benzene rings is 2. The van der Waals surface area contributed by atoms with E-state index in [4.69, 9.17) is 28.6 Å². The first-order valence-corrected chi connectivity index (χ1v) is 13.3. The summed E-state index contributed by atoms with van der Waals surface area (Å²) in [5.41, 5.74) is 6.03. The van der Waals surface area contributed by atoms with Gasteiger partial charge in [-0.05, 0) is 80.4 Å². The number of thiocarbonyl (C=S) groups is 1. The monoisotopic (exact) mass is 509 g/mol. The zero-order valence-corrected chi connectivity index (χ0v) is 22.6. The predicted octanol–water partition coefficient (Wildman–Crippen LogP) is 7.74. The molecule has 0 bridgehead atoms. The van der Waals surface area contributed by atoms with Gasteiger partial charge in [-0.25, -0.2) is 0 Å². The summed E-state index contributed by atoms with van der Waals surface area (Å²) in [6.45, 7) is 5.96. The first kappa shape index (κ1) is 25.6. The van der Waals surface area contributed by atoms with Gasteiger partial charge in [-0.3, -0.25) is 0 Å². The second kappa shape index (κ2) is 12.0. The van der Waals surface area contributed by atoms with Crippen molar-refractivity contribution >= 4 is 34.6 Å². The molecule has 0 atom stereocenters. The number of methoxy groups -OCH3 is 1. The minimum atomic E-state index is 0.409. The van der Waals surface area contributed by atoms with Crippen molar-refractivity contribution in [1.29, 1.82) is 0 Å². The van der Waals surface area contributed by atoms with Gasteiger partial charge in [0.15, 0.2) is 5.11 Å². The predicted molar refractivity (Wildman–Crippen MR) is 151 cm³/mol. The molecule has 2 aromatic carbocycles. The third-order valence-corrected chi connectivity index (χ3v) is 7.60. The fourth-order valence-corrected chi connectivity index (χ4v) is 5.53. The Balaban J connectivity index is 1.59. The highest BCUT2D eigenvalue weighted by Crippen LogP contribution is 2.30. The molecule has 4 rings (SSSR count). The first-order valence-electron chi connectivity index (χ1n) is 12.6. The van der Waals surface area contributed by atoms with Crippen molar-refractivity contribution in [3.63, 3.8) is 0 Å². The van der Waals surface area contributed by atoms with E-state index in [2.05, 4.69) is 65.2 Å². The molecule has 1 aromatic heterocycles. The summed E-state index contributed by atoms with van der Waals surface area (Å²) in [6, 6.07) is 17.0. The molecule has 0 spiro atoms. The lowest BCUT2D eigenvalue weighted by atomic mass is 10.1. The maximum Gasteiger partial charge on any atom is 0.174 e. The number of aryl methyl sites for hydroxylation is 2. The Morgan fingerprint density at radius 3 is 2.57 bits per heavy atom. The van der Waals surface area contributed by atoms with Crippen LogP contribution in [-0.4, -0.2) is 27.7 Å². The number of aromatic nitrogens is 1. The fraction of sp³-hybridized carbons (Fsp3) is 0.414. The molecule has 6 heteroatoms. The summed E-state index contributed by atoms with van der Waals surface area (Å²) >= 11 is 12.3. The molecule has 186 valence electrons. The van der Waals surface area contributed by atoms with Crippen LogP contribution >= 0.6 is 23.8 Å². The molecule has 4 nitrogen and oxygen atoms in total. The van der Waals surface area contributed by atoms with E-state index in [1.54, 1.807) is 7.11 Å². The summed E-state index contributed by atoms with van der Waals surface area (Å²) in [4.78, 5) is 2.38. The molecule has 0 amide bonds. The van der Waals surface area contributed by atoms with Crippen molar-refractivity contribution in [3.05, 3.63) is 82.1 Å². The molecule has 1 aliphatic carbocycles. The number of hydrogen-bond acceptors (Lipinski definition) is 2. The van der Waals surface area contributed by atoms with Gasteiger partial charge in [-0.2, -0.15) is 0 Å². The Morgan fingerprint density at radius 2 is 1.86 bits per heavy atom. The Bertz CT molecular complexity index is 1150. The molecule has 0 saturated heterocycles. The summed E-state index contributed by atoms with van der Waals surface area (Å²) in [5.74, 6) is 0.732. The van der Waals surface area contributed by atoms with E-state index >= 15 is 0 Å². The largest absolute Gasteiger partial charge is 0.495 e. The van der Waals surface area contributed by atoms with Crippen LogP contribution < -0.4 is 10.1 Å². The zero-order valence-electron chi connectivity index (χ0n) is 21.0. The Hall–Kier alpha value is -2.50. The van der Waals surface area contributed by atoms with Crippen LogP contribution in [0.1, 0.15) is 60.9 Å². The molecule has 1 fully saturated rings. The molecule has 0 radical (unpaired) electrons. The maximum atomic E-state index is 6.29. The van der Waals surface area contributed by atoms with Crippen LogP contribution in [0.25, 0.3) is 0 Å². The number of nitrogens with zero attached hydrogens (tertiary/aromatic N) is 2. The molecule has 0 unspecified atom stereocenters. The normalized spacial score (nSPS) is 14.4. The molecular weight excluding hydrogens is 474 g/mol. The quantitative estimate of drug-likeness (QED) is 0.260. The van der Waals surface area contributed by atoms with Crippen molar-refractivity contribution in [2.45, 2.75) is 71.5 Å². The van der Waals surface area contributed by atoms with E-state index in [9.17, 15) is 0 Å². The Morgan fingerprint density at radius 1 is 1.09 bits per heavy atom. The van der Waals surface area contributed by atoms with Crippen LogP contribution in [0.3, 0.4) is 0 Å². The summed E-state index contributed by atoms with van der Waals surface area (Å²) < 4.78 is 7.91. The minimum absolute atomic E-state index is 0.409. The number of ether oxygens (including phenoxy) is 1. The van der Waals surface area contributed by atoms with Crippen LogP contribution in [0.2, 0.25) is 5.02 Å². The second-order valence-electron chi connectivity index (χ2n) is 9.61. The Labute approximate surface area is 220 Å². The molecule has 1 heterocycles. The molecular formula is C29H36ClN3OS. The first-order chi connectivity index (χ1) is 16.9. The lowest BCUT2D eigenvalue weighted by Gasteiger charge is -2.34. The van der Waals surface area contributed by atoms with Crippen LogP contribution in [0, 0.1) is 13.8 Å². The Kier molecular flexibility index (Phi) is 8.74. The van der Waals surface area contributed by atoms with Crippen molar-refractivity contribution in [2.75, 3.05) is 12.4 Å². The standard InChI is InChI=1S/C29H36ClN3OS/c1-21-12-13-23(22(2)17-21)19-32-16-8-11-26(32)20-33(25-9-6-4-5-7-10-25)29(35)31-27-18-24(30)14-15-28(27)34-3/h8,11-18,25H,4-7,9-10,19-20H2,1-3H3,(H,31,35). The average Bonchev–Trinajstić information content (AvgIpc) is 3.08. The minimum Gasteiger partial charge on any atom is -0.495 e. The lowest BCUT2D eigenvalue weighted by Crippen LogP contribution is -2.42. The maximum absolute atomic E-state index is 6.29. The van der Waals surface area contributed by atoms with Crippen molar-refractivity contribution < 1.29 is 4.74 Å². The molecule has 1 saturated carbocycles. The van der Waals surface area contributed by atoms with Gasteiger partial charge in [0, 0.05) is 29.5 Å². The van der Waals surface area contributed by atoms with E-state index in [0.29, 0.717) is 11.1 Å². The number of hydrogen-bond donors (Lipinski definition) is 1. The number of rotatable bonds is 7. The van der Waals surface area contributed by atoms with Crippen molar-refractivity contribution in [2.24, 2.45) is 0 Å². The third-order valence-electron chi connectivity index (χ3n) is 7.02. The van der Waals surface area contributed by atoms with Crippen molar-refractivity contribution in [1.82, 2.24) is 9.47 Å². The second-order valence-corrected chi connectivity index (χ2v) is 10.4. The number of nitrogens with one attached hydrogen (secondary N) is 1. The SMILES string of the molecule is COc1ccc(Cl)cc1NC(=S)N(Cc1cccn1Cc1ccc(C)cc1C)C1CCCCCC1. The van der Waals surface area contributed by atoms with Gasteiger partial charge in [0.1, 0.15) is 5.75 Å². The van der Waals surface area contributed by atoms with E-state index in [1.165, 1.54) is 48.1 Å². The number of halogens is 1. The fourth-order valence-electron chi connectivity index (χ4n) is 5.03. The van der Waals surface area contributed by atoms with Crippen LogP contribution in [-0.2, 0) is 13.1 Å². The van der Waals surface area contributed by atoms with Crippen LogP contribution in [0.15, 0.2) is 54.7 Å². The van der Waals surface area contributed by atoms with Gasteiger partial charge in [-0.1, -0.05) is 61.0 Å². The van der Waals surface area contributed by atoms with Gasteiger partial charge >= 0.3 is 0 Å². The van der Waals surface area contributed by atoms with E-state index in [1.807, 2.05) is 18.2 Å². The number of anilines is 1. The molecule has 1 N–H and O–H groups in total. The molecule has 35 heavy (non-hydrogen) atoms. The van der Waals surface area contributed by atoms with Gasteiger partial charge < -0.3 is 19.5 Å².